The summed E-state index contributed by atoms with van der Waals surface area (Å²) in [5, 5.41) is 2.72. The Hall–Kier alpha value is -0.790. The van der Waals surface area contributed by atoms with Crippen molar-refractivity contribution in [1.82, 2.24) is 9.97 Å². The van der Waals surface area contributed by atoms with Gasteiger partial charge in [-0.05, 0) is 62.5 Å². The molecule has 1 aromatic carbocycles. The van der Waals surface area contributed by atoms with Gasteiger partial charge in [0.1, 0.15) is 9.21 Å². The third kappa shape index (κ3) is 3.61. The summed E-state index contributed by atoms with van der Waals surface area (Å²) in [4.78, 5) is 20.4. The molecule has 2 rings (SSSR count). The molecule has 0 aliphatic heterocycles. The van der Waals surface area contributed by atoms with Crippen molar-refractivity contribution in [3.8, 4) is 0 Å². The fourth-order valence-corrected chi connectivity index (χ4v) is 2.87. The molecule has 0 radical (unpaired) electrons. The lowest BCUT2D eigenvalue weighted by atomic mass is 10.1. The maximum atomic E-state index is 12.2. The van der Waals surface area contributed by atoms with E-state index in [1.165, 1.54) is 6.20 Å². The molecular weight excluding hydrogens is 442 g/mol. The minimum absolute atomic E-state index is 0.220. The SMILES string of the molecule is Cc1cc(Br)ccc1C(=O)Nc1ncc(Br)nc1Br. The van der Waals surface area contributed by atoms with Crippen LogP contribution in [0.1, 0.15) is 15.9 Å². The number of aromatic nitrogens is 2. The van der Waals surface area contributed by atoms with Crippen LogP contribution in [0.25, 0.3) is 0 Å². The number of hydrogen-bond donors (Lipinski definition) is 1. The van der Waals surface area contributed by atoms with E-state index < -0.39 is 0 Å². The number of benzene rings is 1. The van der Waals surface area contributed by atoms with Crippen molar-refractivity contribution in [3.05, 3.63) is 49.2 Å². The average Bonchev–Trinajstić information content (AvgIpc) is 2.32. The molecule has 0 spiro atoms. The van der Waals surface area contributed by atoms with Gasteiger partial charge in [0.05, 0.1) is 6.20 Å². The van der Waals surface area contributed by atoms with Gasteiger partial charge >= 0.3 is 0 Å². The summed E-state index contributed by atoms with van der Waals surface area (Å²) in [5.41, 5.74) is 1.48. The van der Waals surface area contributed by atoms with Crippen LogP contribution in [0.3, 0.4) is 0 Å². The zero-order chi connectivity index (χ0) is 14.0. The highest BCUT2D eigenvalue weighted by Crippen LogP contribution is 2.21. The Bertz CT molecular complexity index is 646. The first kappa shape index (κ1) is 14.6. The first-order valence-electron chi connectivity index (χ1n) is 5.23. The Kier molecular flexibility index (Phi) is 4.70. The van der Waals surface area contributed by atoms with Crippen LogP contribution < -0.4 is 5.32 Å². The van der Waals surface area contributed by atoms with Crippen LogP contribution in [0.15, 0.2) is 38.1 Å². The molecule has 0 aliphatic rings. The Balaban J connectivity index is 2.25. The van der Waals surface area contributed by atoms with Crippen LogP contribution in [-0.4, -0.2) is 15.9 Å². The number of nitrogens with zero attached hydrogens (tertiary/aromatic N) is 2. The number of anilines is 1. The summed E-state index contributed by atoms with van der Waals surface area (Å²) in [5.74, 6) is 0.165. The second kappa shape index (κ2) is 6.11. The van der Waals surface area contributed by atoms with Crippen LogP contribution in [0.4, 0.5) is 5.82 Å². The average molecular weight is 450 g/mol. The predicted molar refractivity (Wildman–Crippen MR) is 84.3 cm³/mol. The monoisotopic (exact) mass is 447 g/mol. The van der Waals surface area contributed by atoms with E-state index in [1.807, 2.05) is 19.1 Å². The fraction of sp³-hybridized carbons (Fsp3) is 0.0833. The fourth-order valence-electron chi connectivity index (χ4n) is 1.49. The van der Waals surface area contributed by atoms with Gasteiger partial charge in [0.25, 0.3) is 5.91 Å². The van der Waals surface area contributed by atoms with Gasteiger partial charge in [0.2, 0.25) is 0 Å². The molecule has 7 heteroatoms. The Morgan fingerprint density at radius 2 is 2.00 bits per heavy atom. The number of carbonyl (C=O) groups is 1. The standard InChI is InChI=1S/C12H8Br3N3O/c1-6-4-7(13)2-3-8(6)12(19)18-11-10(15)17-9(14)5-16-11/h2-5H,1H3,(H,16,18,19). The Labute approximate surface area is 135 Å². The maximum Gasteiger partial charge on any atom is 0.257 e. The van der Waals surface area contributed by atoms with Gasteiger partial charge in [-0.15, -0.1) is 0 Å². The van der Waals surface area contributed by atoms with Crippen molar-refractivity contribution in [1.29, 1.82) is 0 Å². The van der Waals surface area contributed by atoms with Crippen LogP contribution in [0.2, 0.25) is 0 Å². The number of aryl methyl sites for hydroxylation is 1. The molecule has 0 atom stereocenters. The number of halogens is 3. The number of hydrogen-bond acceptors (Lipinski definition) is 3. The molecule has 2 aromatic rings. The van der Waals surface area contributed by atoms with E-state index in [0.29, 0.717) is 20.6 Å². The van der Waals surface area contributed by atoms with Crippen molar-refractivity contribution in [2.75, 3.05) is 5.32 Å². The van der Waals surface area contributed by atoms with Crippen LogP contribution in [0.5, 0.6) is 0 Å². The third-order valence-corrected chi connectivity index (χ3v) is 3.79. The van der Waals surface area contributed by atoms with Gasteiger partial charge in [0, 0.05) is 10.0 Å². The summed E-state index contributed by atoms with van der Waals surface area (Å²) in [6.45, 7) is 1.88. The Morgan fingerprint density at radius 1 is 1.26 bits per heavy atom. The van der Waals surface area contributed by atoms with E-state index >= 15 is 0 Å². The first-order valence-corrected chi connectivity index (χ1v) is 7.61. The second-order valence-electron chi connectivity index (χ2n) is 3.75. The first-order chi connectivity index (χ1) is 8.97. The van der Waals surface area contributed by atoms with Gasteiger partial charge in [-0.1, -0.05) is 15.9 Å². The molecule has 1 N–H and O–H groups in total. The largest absolute Gasteiger partial charge is 0.304 e. The lowest BCUT2D eigenvalue weighted by molar-refractivity contribution is 0.102. The lowest BCUT2D eigenvalue weighted by Crippen LogP contribution is -2.15. The van der Waals surface area contributed by atoms with Crippen LogP contribution >= 0.6 is 47.8 Å². The van der Waals surface area contributed by atoms with E-state index in [1.54, 1.807) is 6.07 Å². The Morgan fingerprint density at radius 3 is 2.63 bits per heavy atom. The number of carbonyl (C=O) groups excluding carboxylic acids is 1. The summed E-state index contributed by atoms with van der Waals surface area (Å²) in [6, 6.07) is 5.47. The highest BCUT2D eigenvalue weighted by atomic mass is 79.9. The molecule has 0 bridgehead atoms. The second-order valence-corrected chi connectivity index (χ2v) is 6.22. The predicted octanol–water partition coefficient (Wildman–Crippen LogP) is 4.32. The van der Waals surface area contributed by atoms with E-state index in [9.17, 15) is 4.79 Å². The molecule has 4 nitrogen and oxygen atoms in total. The van der Waals surface area contributed by atoms with Crippen molar-refractivity contribution in [3.63, 3.8) is 0 Å². The zero-order valence-electron chi connectivity index (χ0n) is 9.75. The van der Waals surface area contributed by atoms with E-state index in [-0.39, 0.29) is 5.91 Å². The molecule has 19 heavy (non-hydrogen) atoms. The molecular formula is C12H8Br3N3O. The third-order valence-electron chi connectivity index (χ3n) is 2.37. The highest BCUT2D eigenvalue weighted by Gasteiger charge is 2.12. The molecule has 1 aromatic heterocycles. The molecule has 98 valence electrons. The lowest BCUT2D eigenvalue weighted by Gasteiger charge is -2.08. The normalized spacial score (nSPS) is 10.3. The molecule has 0 fully saturated rings. The summed E-state index contributed by atoms with van der Waals surface area (Å²) in [7, 11) is 0. The van der Waals surface area contributed by atoms with Crippen LogP contribution in [-0.2, 0) is 0 Å². The highest BCUT2D eigenvalue weighted by molar-refractivity contribution is 9.11. The van der Waals surface area contributed by atoms with Crippen molar-refractivity contribution in [2.45, 2.75) is 6.92 Å². The molecule has 1 heterocycles. The van der Waals surface area contributed by atoms with Gasteiger partial charge in [-0.25, -0.2) is 9.97 Å². The zero-order valence-corrected chi connectivity index (χ0v) is 14.5. The van der Waals surface area contributed by atoms with Gasteiger partial charge < -0.3 is 5.32 Å². The quantitative estimate of drug-likeness (QED) is 0.742. The maximum absolute atomic E-state index is 12.2. The van der Waals surface area contributed by atoms with E-state index in [2.05, 4.69) is 63.1 Å². The van der Waals surface area contributed by atoms with E-state index in [0.717, 1.165) is 10.0 Å². The molecule has 0 saturated carbocycles. The number of nitrogens with one attached hydrogen (secondary N) is 1. The minimum atomic E-state index is -0.220. The van der Waals surface area contributed by atoms with Gasteiger partial charge in [0.15, 0.2) is 5.82 Å². The van der Waals surface area contributed by atoms with Gasteiger partial charge in [-0.3, -0.25) is 4.79 Å². The van der Waals surface area contributed by atoms with Crippen molar-refractivity contribution in [2.24, 2.45) is 0 Å². The minimum Gasteiger partial charge on any atom is -0.304 e. The van der Waals surface area contributed by atoms with Crippen LogP contribution in [0, 0.1) is 6.92 Å². The molecule has 0 aliphatic carbocycles. The topological polar surface area (TPSA) is 54.9 Å². The summed E-state index contributed by atoms with van der Waals surface area (Å²) in [6.07, 6.45) is 1.52. The van der Waals surface area contributed by atoms with Crippen molar-refractivity contribution < 1.29 is 4.79 Å². The molecule has 0 unspecified atom stereocenters. The van der Waals surface area contributed by atoms with Crippen molar-refractivity contribution >= 4 is 59.5 Å². The van der Waals surface area contributed by atoms with Gasteiger partial charge in [-0.2, -0.15) is 0 Å². The summed E-state index contributed by atoms with van der Waals surface area (Å²) >= 11 is 9.82. The summed E-state index contributed by atoms with van der Waals surface area (Å²) < 4.78 is 2.01. The number of rotatable bonds is 2. The smallest absolute Gasteiger partial charge is 0.257 e. The number of amides is 1. The molecule has 1 amide bonds. The van der Waals surface area contributed by atoms with E-state index in [4.69, 9.17) is 0 Å². The molecule has 0 saturated heterocycles.